The van der Waals surface area contributed by atoms with Crippen LogP contribution in [0.1, 0.15) is 29.1 Å². The molecule has 4 rings (SSSR count). The molecule has 0 saturated heterocycles. The van der Waals surface area contributed by atoms with Crippen molar-refractivity contribution in [2.24, 2.45) is 0 Å². The molecular weight excluding hydrogens is 364 g/mol. The highest BCUT2D eigenvalue weighted by Crippen LogP contribution is 2.35. The van der Waals surface area contributed by atoms with Crippen molar-refractivity contribution in [3.63, 3.8) is 0 Å². The van der Waals surface area contributed by atoms with Gasteiger partial charge in [0, 0.05) is 35.8 Å². The number of amides is 1. The molecule has 0 bridgehead atoms. The number of aromatic nitrogens is 3. The highest BCUT2D eigenvalue weighted by atomic mass is 35.5. The van der Waals surface area contributed by atoms with E-state index in [0.717, 1.165) is 22.5 Å². The van der Waals surface area contributed by atoms with Gasteiger partial charge in [-0.2, -0.15) is 5.10 Å². The molecule has 1 aliphatic heterocycles. The Bertz CT molecular complexity index is 1030. The lowest BCUT2D eigenvalue weighted by Gasteiger charge is -2.32. The summed E-state index contributed by atoms with van der Waals surface area (Å²) < 4.78 is 7.11. The Morgan fingerprint density at radius 1 is 1.26 bits per heavy atom. The van der Waals surface area contributed by atoms with Gasteiger partial charge in [0.25, 0.3) is 5.91 Å². The van der Waals surface area contributed by atoms with Crippen LogP contribution in [0.4, 0.5) is 5.69 Å². The predicted octanol–water partition coefficient (Wildman–Crippen LogP) is 4.14. The normalized spacial score (nSPS) is 16.4. The molecule has 1 amide bonds. The van der Waals surface area contributed by atoms with Crippen LogP contribution in [0, 0.1) is 6.92 Å². The maximum absolute atomic E-state index is 13.4. The minimum atomic E-state index is -0.0977. The fraction of sp³-hybridized carbons (Fsp3) is 0.250. The zero-order chi connectivity index (χ0) is 19.1. The van der Waals surface area contributed by atoms with E-state index in [2.05, 4.69) is 10.1 Å². The van der Waals surface area contributed by atoms with Gasteiger partial charge >= 0.3 is 0 Å². The first-order valence-corrected chi connectivity index (χ1v) is 9.03. The summed E-state index contributed by atoms with van der Waals surface area (Å²) >= 11 is 6.14. The third kappa shape index (κ3) is 2.96. The van der Waals surface area contributed by atoms with Crippen LogP contribution in [0.3, 0.4) is 0 Å². The third-order valence-corrected chi connectivity index (χ3v) is 5.07. The summed E-state index contributed by atoms with van der Waals surface area (Å²) in [6.07, 6.45) is 3.50. The average Bonchev–Trinajstić information content (AvgIpc) is 3.11. The SMILES string of the molecule is COc1cc(N2C[C@H](C)n3ncc(-c4ccnc(C)c4)c3C2=O)ccc1Cl. The van der Waals surface area contributed by atoms with E-state index in [-0.39, 0.29) is 11.9 Å². The smallest absolute Gasteiger partial charge is 0.277 e. The molecule has 0 fully saturated rings. The van der Waals surface area contributed by atoms with Crippen LogP contribution in [0.15, 0.2) is 42.7 Å². The predicted molar refractivity (Wildman–Crippen MR) is 105 cm³/mol. The first kappa shape index (κ1) is 17.5. The summed E-state index contributed by atoms with van der Waals surface area (Å²) in [6.45, 7) is 4.49. The van der Waals surface area contributed by atoms with Gasteiger partial charge in [-0.1, -0.05) is 11.6 Å². The Kier molecular flexibility index (Phi) is 4.36. The number of carbonyl (C=O) groups is 1. The van der Waals surface area contributed by atoms with E-state index in [1.807, 2.05) is 32.0 Å². The van der Waals surface area contributed by atoms with Crippen molar-refractivity contribution in [2.75, 3.05) is 18.6 Å². The number of methoxy groups -OCH3 is 1. The van der Waals surface area contributed by atoms with Crippen LogP contribution in [0.5, 0.6) is 5.75 Å². The number of nitrogens with zero attached hydrogens (tertiary/aromatic N) is 4. The van der Waals surface area contributed by atoms with E-state index in [9.17, 15) is 4.79 Å². The van der Waals surface area contributed by atoms with E-state index >= 15 is 0 Å². The second-order valence-corrected chi connectivity index (χ2v) is 7.03. The average molecular weight is 383 g/mol. The fourth-order valence-corrected chi connectivity index (χ4v) is 3.62. The zero-order valence-corrected chi connectivity index (χ0v) is 16.1. The summed E-state index contributed by atoms with van der Waals surface area (Å²) in [5, 5.41) is 4.98. The van der Waals surface area contributed by atoms with Crippen LogP contribution in [-0.4, -0.2) is 34.3 Å². The molecule has 0 radical (unpaired) electrons. The van der Waals surface area contributed by atoms with Gasteiger partial charge in [0.15, 0.2) is 0 Å². The second kappa shape index (κ2) is 6.70. The van der Waals surface area contributed by atoms with Crippen molar-refractivity contribution < 1.29 is 9.53 Å². The van der Waals surface area contributed by atoms with Gasteiger partial charge in [0.05, 0.1) is 24.4 Å². The zero-order valence-electron chi connectivity index (χ0n) is 15.3. The standard InChI is InChI=1S/C20H19ClN4O2/c1-12-8-14(6-7-22-12)16-10-23-25-13(2)11-24(20(26)19(16)25)15-4-5-17(21)18(9-15)27-3/h4-10,13H,11H2,1-3H3/t13-/m0/s1. The lowest BCUT2D eigenvalue weighted by molar-refractivity contribution is 0.0954. The molecule has 1 aliphatic rings. The minimum Gasteiger partial charge on any atom is -0.495 e. The molecule has 0 unspecified atom stereocenters. The maximum atomic E-state index is 13.4. The minimum absolute atomic E-state index is 0.0380. The molecule has 0 aliphatic carbocycles. The molecule has 0 spiro atoms. The van der Waals surface area contributed by atoms with Gasteiger partial charge in [-0.15, -0.1) is 0 Å². The second-order valence-electron chi connectivity index (χ2n) is 6.62. The molecule has 0 saturated carbocycles. The van der Waals surface area contributed by atoms with Crippen molar-refractivity contribution in [3.8, 4) is 16.9 Å². The Hall–Kier alpha value is -2.86. The fourth-order valence-electron chi connectivity index (χ4n) is 3.43. The summed E-state index contributed by atoms with van der Waals surface area (Å²) in [5.74, 6) is 0.443. The monoisotopic (exact) mass is 382 g/mol. The largest absolute Gasteiger partial charge is 0.495 e. The molecule has 2 aromatic heterocycles. The first-order chi connectivity index (χ1) is 13.0. The number of ether oxygens (including phenoxy) is 1. The molecule has 0 N–H and O–H groups in total. The van der Waals surface area contributed by atoms with Gasteiger partial charge in [0.1, 0.15) is 11.4 Å². The summed E-state index contributed by atoms with van der Waals surface area (Å²) in [7, 11) is 1.56. The van der Waals surface area contributed by atoms with E-state index in [4.69, 9.17) is 16.3 Å². The van der Waals surface area contributed by atoms with Gasteiger partial charge in [-0.3, -0.25) is 14.5 Å². The van der Waals surface area contributed by atoms with Gasteiger partial charge < -0.3 is 9.64 Å². The number of carbonyl (C=O) groups excluding carboxylic acids is 1. The molecular formula is C20H19ClN4O2. The van der Waals surface area contributed by atoms with Crippen molar-refractivity contribution in [1.82, 2.24) is 14.8 Å². The van der Waals surface area contributed by atoms with Gasteiger partial charge in [-0.05, 0) is 43.7 Å². The molecule has 7 heteroatoms. The van der Waals surface area contributed by atoms with Crippen molar-refractivity contribution in [1.29, 1.82) is 0 Å². The van der Waals surface area contributed by atoms with Crippen molar-refractivity contribution >= 4 is 23.2 Å². The van der Waals surface area contributed by atoms with Crippen LogP contribution in [0.2, 0.25) is 5.02 Å². The Morgan fingerprint density at radius 2 is 2.07 bits per heavy atom. The summed E-state index contributed by atoms with van der Waals surface area (Å²) in [5.41, 5.74) is 3.96. The molecule has 6 nitrogen and oxygen atoms in total. The number of halogens is 1. The number of fused-ring (bicyclic) bond motifs is 1. The number of benzene rings is 1. The van der Waals surface area contributed by atoms with Crippen LogP contribution < -0.4 is 9.64 Å². The molecule has 138 valence electrons. The Balaban J connectivity index is 1.80. The number of hydrogen-bond donors (Lipinski definition) is 0. The number of aryl methyl sites for hydroxylation is 1. The summed E-state index contributed by atoms with van der Waals surface area (Å²) in [4.78, 5) is 19.3. The number of rotatable bonds is 3. The highest BCUT2D eigenvalue weighted by Gasteiger charge is 2.34. The van der Waals surface area contributed by atoms with Crippen LogP contribution >= 0.6 is 11.6 Å². The molecule has 1 atom stereocenters. The van der Waals surface area contributed by atoms with E-state index in [1.165, 1.54) is 0 Å². The third-order valence-electron chi connectivity index (χ3n) is 4.76. The Morgan fingerprint density at radius 3 is 2.81 bits per heavy atom. The highest BCUT2D eigenvalue weighted by molar-refractivity contribution is 6.32. The number of pyridine rings is 1. The molecule has 3 heterocycles. The summed E-state index contributed by atoms with van der Waals surface area (Å²) in [6, 6.07) is 9.25. The van der Waals surface area contributed by atoms with Crippen LogP contribution in [0.25, 0.3) is 11.1 Å². The van der Waals surface area contributed by atoms with Gasteiger partial charge in [-0.25, -0.2) is 0 Å². The topological polar surface area (TPSA) is 60.2 Å². The van der Waals surface area contributed by atoms with Gasteiger partial charge in [0.2, 0.25) is 0 Å². The molecule has 3 aromatic rings. The maximum Gasteiger partial charge on any atom is 0.277 e. The lowest BCUT2D eigenvalue weighted by atomic mass is 10.0. The van der Waals surface area contributed by atoms with E-state index in [0.29, 0.717) is 23.0 Å². The number of hydrogen-bond acceptors (Lipinski definition) is 4. The first-order valence-electron chi connectivity index (χ1n) is 8.65. The van der Waals surface area contributed by atoms with E-state index in [1.54, 1.807) is 41.2 Å². The molecule has 1 aromatic carbocycles. The molecule has 27 heavy (non-hydrogen) atoms. The van der Waals surface area contributed by atoms with Crippen molar-refractivity contribution in [2.45, 2.75) is 19.9 Å². The van der Waals surface area contributed by atoms with Crippen molar-refractivity contribution in [3.05, 3.63) is 59.1 Å². The lowest BCUT2D eigenvalue weighted by Crippen LogP contribution is -2.42. The van der Waals surface area contributed by atoms with Crippen LogP contribution in [-0.2, 0) is 0 Å². The Labute approximate surface area is 162 Å². The quantitative estimate of drug-likeness (QED) is 0.683. The van der Waals surface area contributed by atoms with E-state index < -0.39 is 0 Å². The number of anilines is 1.